The Morgan fingerprint density at radius 2 is 2.00 bits per heavy atom. The highest BCUT2D eigenvalue weighted by molar-refractivity contribution is 7.98. The maximum Gasteiger partial charge on any atom is 0.265 e. The molecule has 2 aromatic heterocycles. The molecule has 2 heterocycles. The van der Waals surface area contributed by atoms with Crippen LogP contribution in [-0.4, -0.2) is 26.9 Å². The van der Waals surface area contributed by atoms with Crippen molar-refractivity contribution in [1.82, 2.24) is 14.7 Å². The quantitative estimate of drug-likeness (QED) is 0.512. The van der Waals surface area contributed by atoms with Crippen LogP contribution in [0, 0.1) is 13.8 Å². The lowest BCUT2D eigenvalue weighted by Crippen LogP contribution is -2.25. The summed E-state index contributed by atoms with van der Waals surface area (Å²) < 4.78 is 12.1. The van der Waals surface area contributed by atoms with Gasteiger partial charge in [-0.05, 0) is 32.4 Å². The van der Waals surface area contributed by atoms with Crippen LogP contribution < -0.4 is 10.3 Å². The van der Waals surface area contributed by atoms with Crippen LogP contribution in [0.1, 0.15) is 29.5 Å². The van der Waals surface area contributed by atoms with E-state index < -0.39 is 0 Å². The summed E-state index contributed by atoms with van der Waals surface area (Å²) in [5.74, 6) is 1.54. The molecule has 0 saturated carbocycles. The van der Waals surface area contributed by atoms with Gasteiger partial charge in [-0.3, -0.25) is 9.36 Å². The summed E-state index contributed by atoms with van der Waals surface area (Å²) in [6.45, 7) is 5.51. The van der Waals surface area contributed by atoms with Crippen LogP contribution in [0.3, 0.4) is 0 Å². The molecule has 0 spiro atoms. The molecule has 0 radical (unpaired) electrons. The van der Waals surface area contributed by atoms with Crippen molar-refractivity contribution in [3.8, 4) is 17.3 Å². The van der Waals surface area contributed by atoms with Crippen molar-refractivity contribution in [2.45, 2.75) is 38.1 Å². The van der Waals surface area contributed by atoms with E-state index in [-0.39, 0.29) is 17.0 Å². The average molecular weight is 387 g/mol. The number of aromatic hydroxyl groups is 1. The SMILES string of the molecule is CCc1c(O)nc(SCc2c(C)noc2C)n(-c2ccccc2OC)c1=O. The third kappa shape index (κ3) is 3.57. The molecule has 0 aliphatic heterocycles. The lowest BCUT2D eigenvalue weighted by Gasteiger charge is -2.16. The van der Waals surface area contributed by atoms with Gasteiger partial charge in [0.2, 0.25) is 5.88 Å². The van der Waals surface area contributed by atoms with Crippen molar-refractivity contribution in [1.29, 1.82) is 0 Å². The molecule has 0 aliphatic rings. The Balaban J connectivity index is 2.14. The summed E-state index contributed by atoms with van der Waals surface area (Å²) in [5, 5.41) is 14.6. The van der Waals surface area contributed by atoms with Crippen molar-refractivity contribution in [3.63, 3.8) is 0 Å². The zero-order chi connectivity index (χ0) is 19.6. The zero-order valence-corrected chi connectivity index (χ0v) is 16.5. The summed E-state index contributed by atoms with van der Waals surface area (Å²) >= 11 is 1.33. The first-order valence-corrected chi connectivity index (χ1v) is 9.49. The Morgan fingerprint density at radius 3 is 2.63 bits per heavy atom. The number of methoxy groups -OCH3 is 1. The van der Waals surface area contributed by atoms with Gasteiger partial charge < -0.3 is 14.4 Å². The second-order valence-electron chi connectivity index (χ2n) is 5.95. The fourth-order valence-corrected chi connectivity index (χ4v) is 3.95. The van der Waals surface area contributed by atoms with E-state index in [1.165, 1.54) is 16.3 Å². The first kappa shape index (κ1) is 19.0. The van der Waals surface area contributed by atoms with E-state index in [0.717, 1.165) is 17.0 Å². The second-order valence-corrected chi connectivity index (χ2v) is 6.90. The van der Waals surface area contributed by atoms with Crippen molar-refractivity contribution in [3.05, 3.63) is 57.2 Å². The van der Waals surface area contributed by atoms with Crippen LogP contribution in [0.5, 0.6) is 11.6 Å². The summed E-state index contributed by atoms with van der Waals surface area (Å²) in [7, 11) is 1.55. The van der Waals surface area contributed by atoms with Crippen LogP contribution in [0.4, 0.5) is 0 Å². The summed E-state index contributed by atoms with van der Waals surface area (Å²) in [6.07, 6.45) is 0.377. The first-order valence-electron chi connectivity index (χ1n) is 8.50. The number of aryl methyl sites for hydroxylation is 2. The maximum atomic E-state index is 13.1. The number of aromatic nitrogens is 3. The number of rotatable bonds is 6. The third-order valence-electron chi connectivity index (χ3n) is 4.33. The summed E-state index contributed by atoms with van der Waals surface area (Å²) in [4.78, 5) is 17.4. The van der Waals surface area contributed by atoms with Gasteiger partial charge in [-0.15, -0.1) is 0 Å². The molecule has 3 rings (SSSR count). The largest absolute Gasteiger partial charge is 0.495 e. The van der Waals surface area contributed by atoms with Gasteiger partial charge >= 0.3 is 0 Å². The third-order valence-corrected chi connectivity index (χ3v) is 5.30. The minimum Gasteiger partial charge on any atom is -0.495 e. The lowest BCUT2D eigenvalue weighted by atomic mass is 10.2. The predicted molar refractivity (Wildman–Crippen MR) is 103 cm³/mol. The minimum atomic E-state index is -0.309. The lowest BCUT2D eigenvalue weighted by molar-refractivity contribution is 0.392. The van der Waals surface area contributed by atoms with Crippen LogP contribution in [-0.2, 0) is 12.2 Å². The van der Waals surface area contributed by atoms with Crippen LogP contribution in [0.25, 0.3) is 5.69 Å². The van der Waals surface area contributed by atoms with Gasteiger partial charge in [0.25, 0.3) is 5.56 Å². The van der Waals surface area contributed by atoms with Crippen molar-refractivity contribution in [2.75, 3.05) is 7.11 Å². The highest BCUT2D eigenvalue weighted by Crippen LogP contribution is 2.30. The van der Waals surface area contributed by atoms with Gasteiger partial charge in [0.1, 0.15) is 11.5 Å². The normalized spacial score (nSPS) is 11.0. The molecule has 27 heavy (non-hydrogen) atoms. The van der Waals surface area contributed by atoms with Crippen LogP contribution in [0.15, 0.2) is 38.7 Å². The van der Waals surface area contributed by atoms with Gasteiger partial charge in [0, 0.05) is 11.3 Å². The monoisotopic (exact) mass is 387 g/mol. The molecular weight excluding hydrogens is 366 g/mol. The maximum absolute atomic E-state index is 13.1. The molecule has 0 fully saturated rings. The smallest absolute Gasteiger partial charge is 0.265 e. The minimum absolute atomic E-state index is 0.241. The molecule has 7 nitrogen and oxygen atoms in total. The Hall–Kier alpha value is -2.74. The Labute approximate surface area is 161 Å². The van der Waals surface area contributed by atoms with Gasteiger partial charge in [-0.25, -0.2) is 0 Å². The van der Waals surface area contributed by atoms with E-state index in [1.54, 1.807) is 26.2 Å². The highest BCUT2D eigenvalue weighted by atomic mass is 32.2. The molecule has 8 heteroatoms. The molecule has 1 aromatic carbocycles. The van der Waals surface area contributed by atoms with E-state index in [1.807, 2.05) is 26.0 Å². The van der Waals surface area contributed by atoms with Crippen molar-refractivity contribution in [2.24, 2.45) is 0 Å². The summed E-state index contributed by atoms with van der Waals surface area (Å²) in [5.41, 5.74) is 2.27. The molecule has 1 N–H and O–H groups in total. The van der Waals surface area contributed by atoms with Crippen molar-refractivity contribution >= 4 is 11.8 Å². The topological polar surface area (TPSA) is 90.4 Å². The van der Waals surface area contributed by atoms with E-state index >= 15 is 0 Å². The molecule has 0 unspecified atom stereocenters. The second kappa shape index (κ2) is 7.87. The molecule has 0 aliphatic carbocycles. The zero-order valence-electron chi connectivity index (χ0n) is 15.6. The van der Waals surface area contributed by atoms with Gasteiger partial charge in [0.15, 0.2) is 5.16 Å². The molecular formula is C19H21N3O4S. The van der Waals surface area contributed by atoms with Crippen molar-refractivity contribution < 1.29 is 14.4 Å². The number of para-hydroxylation sites is 2. The van der Waals surface area contributed by atoms with Gasteiger partial charge in [0.05, 0.1) is 24.1 Å². The van der Waals surface area contributed by atoms with Crippen LogP contribution >= 0.6 is 11.8 Å². The highest BCUT2D eigenvalue weighted by Gasteiger charge is 2.20. The fraction of sp³-hybridized carbons (Fsp3) is 0.316. The molecule has 142 valence electrons. The number of hydrogen-bond acceptors (Lipinski definition) is 7. The van der Waals surface area contributed by atoms with Gasteiger partial charge in [-0.2, -0.15) is 4.98 Å². The fourth-order valence-electron chi connectivity index (χ4n) is 2.80. The molecule has 0 amide bonds. The first-order chi connectivity index (χ1) is 13.0. The summed E-state index contributed by atoms with van der Waals surface area (Å²) in [6, 6.07) is 7.23. The predicted octanol–water partition coefficient (Wildman–Crippen LogP) is 3.41. The average Bonchev–Trinajstić information content (AvgIpc) is 2.98. The standard InChI is InChI=1S/C19H21N3O4S/c1-5-13-17(23)20-19(27-10-14-11(2)21-26-12(14)3)22(18(13)24)15-8-6-7-9-16(15)25-4/h6-9,23H,5,10H2,1-4H3. The van der Waals surface area contributed by atoms with Gasteiger partial charge in [-0.1, -0.05) is 36.0 Å². The van der Waals surface area contributed by atoms with E-state index in [4.69, 9.17) is 9.26 Å². The Bertz CT molecular complexity index is 1010. The number of benzene rings is 1. The van der Waals surface area contributed by atoms with E-state index in [0.29, 0.717) is 28.8 Å². The number of nitrogens with zero attached hydrogens (tertiary/aromatic N) is 3. The Morgan fingerprint density at radius 1 is 1.26 bits per heavy atom. The van der Waals surface area contributed by atoms with E-state index in [2.05, 4.69) is 10.1 Å². The number of hydrogen-bond donors (Lipinski definition) is 1. The van der Waals surface area contributed by atoms with Crippen LogP contribution in [0.2, 0.25) is 0 Å². The number of thioether (sulfide) groups is 1. The number of ether oxygens (including phenoxy) is 1. The van der Waals surface area contributed by atoms with E-state index in [9.17, 15) is 9.90 Å². The molecule has 3 aromatic rings. The molecule has 0 saturated heterocycles. The molecule has 0 atom stereocenters. The Kier molecular flexibility index (Phi) is 5.55. The molecule has 0 bridgehead atoms.